The highest BCUT2D eigenvalue weighted by atomic mass is 32.2. The zero-order chi connectivity index (χ0) is 17.7. The third-order valence-electron chi connectivity index (χ3n) is 4.70. The topological polar surface area (TPSA) is 96.5 Å². The molecule has 0 saturated carbocycles. The van der Waals surface area contributed by atoms with Gasteiger partial charge in [0.15, 0.2) is 0 Å². The first-order chi connectivity index (χ1) is 12.0. The first-order valence-corrected chi connectivity index (χ1v) is 10.2. The molecule has 3 rings (SSSR count). The highest BCUT2D eigenvalue weighted by Gasteiger charge is 2.21. The summed E-state index contributed by atoms with van der Waals surface area (Å²) in [5.41, 5.74) is 0.362. The Kier molecular flexibility index (Phi) is 6.06. The van der Waals surface area contributed by atoms with Crippen molar-refractivity contribution in [3.8, 4) is 0 Å². The van der Waals surface area contributed by atoms with Gasteiger partial charge in [-0.1, -0.05) is 6.07 Å². The third-order valence-corrected chi connectivity index (χ3v) is 6.13. The van der Waals surface area contributed by atoms with Crippen LogP contribution in [-0.2, 0) is 14.8 Å². The molecule has 1 atom stereocenters. The van der Waals surface area contributed by atoms with Crippen LogP contribution in [0.5, 0.6) is 0 Å². The van der Waals surface area contributed by atoms with Gasteiger partial charge in [0.05, 0.1) is 4.90 Å². The summed E-state index contributed by atoms with van der Waals surface area (Å²) in [6.45, 7) is 3.39. The molecule has 0 unspecified atom stereocenters. The predicted octanol–water partition coefficient (Wildman–Crippen LogP) is 0.483. The lowest BCUT2D eigenvalue weighted by Gasteiger charge is -2.22. The molecule has 2 fully saturated rings. The van der Waals surface area contributed by atoms with Crippen molar-refractivity contribution in [1.29, 1.82) is 0 Å². The number of ether oxygens (including phenoxy) is 1. The van der Waals surface area contributed by atoms with Crippen LogP contribution in [0, 0.1) is 5.92 Å². The standard InChI is InChI=1S/C17H25N3O4S/c21-17(20-15-4-7-18-12-15)14-2-1-3-16(10-14)25(22,23)19-11-13-5-8-24-9-6-13/h1-3,10,13,15,18-19H,4-9,11-12H2,(H,20,21)/t15-/m1/s1. The zero-order valence-corrected chi connectivity index (χ0v) is 15.0. The summed E-state index contributed by atoms with van der Waals surface area (Å²) in [5.74, 6) is 0.0556. The van der Waals surface area contributed by atoms with Crippen molar-refractivity contribution in [2.75, 3.05) is 32.8 Å². The second-order valence-electron chi connectivity index (χ2n) is 6.60. The van der Waals surface area contributed by atoms with Gasteiger partial charge in [0.1, 0.15) is 0 Å². The molecule has 3 N–H and O–H groups in total. The van der Waals surface area contributed by atoms with Gasteiger partial charge < -0.3 is 15.4 Å². The molecule has 0 spiro atoms. The Morgan fingerprint density at radius 3 is 2.76 bits per heavy atom. The van der Waals surface area contributed by atoms with Crippen LogP contribution in [0.3, 0.4) is 0 Å². The summed E-state index contributed by atoms with van der Waals surface area (Å²) in [6.07, 6.45) is 2.61. The third kappa shape index (κ3) is 5.01. The van der Waals surface area contributed by atoms with Gasteiger partial charge in [-0.25, -0.2) is 13.1 Å². The number of hydrogen-bond donors (Lipinski definition) is 3. The fourth-order valence-corrected chi connectivity index (χ4v) is 4.27. The van der Waals surface area contributed by atoms with Crippen molar-refractivity contribution in [1.82, 2.24) is 15.4 Å². The van der Waals surface area contributed by atoms with E-state index in [2.05, 4.69) is 15.4 Å². The number of benzene rings is 1. The minimum Gasteiger partial charge on any atom is -0.381 e. The number of carbonyl (C=O) groups is 1. The van der Waals surface area contributed by atoms with Gasteiger partial charge in [-0.3, -0.25) is 4.79 Å². The van der Waals surface area contributed by atoms with E-state index in [1.54, 1.807) is 12.1 Å². The maximum atomic E-state index is 12.5. The summed E-state index contributed by atoms with van der Waals surface area (Å²) in [5, 5.41) is 6.11. The molecule has 1 aromatic rings. The first kappa shape index (κ1) is 18.3. The molecule has 7 nitrogen and oxygen atoms in total. The van der Waals surface area contributed by atoms with E-state index in [1.165, 1.54) is 12.1 Å². The van der Waals surface area contributed by atoms with Crippen LogP contribution in [0.1, 0.15) is 29.6 Å². The molecule has 2 aliphatic rings. The number of sulfonamides is 1. The number of nitrogens with one attached hydrogen (secondary N) is 3. The monoisotopic (exact) mass is 367 g/mol. The predicted molar refractivity (Wildman–Crippen MR) is 93.9 cm³/mol. The second kappa shape index (κ2) is 8.27. The van der Waals surface area contributed by atoms with E-state index in [-0.39, 0.29) is 16.8 Å². The number of rotatable bonds is 6. The van der Waals surface area contributed by atoms with Crippen molar-refractivity contribution in [2.24, 2.45) is 5.92 Å². The van der Waals surface area contributed by atoms with Crippen LogP contribution in [-0.4, -0.2) is 53.2 Å². The fourth-order valence-electron chi connectivity index (χ4n) is 3.11. The van der Waals surface area contributed by atoms with Gasteiger partial charge in [0.2, 0.25) is 10.0 Å². The summed E-state index contributed by atoms with van der Waals surface area (Å²) in [7, 11) is -3.63. The van der Waals surface area contributed by atoms with Gasteiger partial charge in [0.25, 0.3) is 5.91 Å². The van der Waals surface area contributed by atoms with Crippen LogP contribution < -0.4 is 15.4 Å². The minimum absolute atomic E-state index is 0.0967. The highest BCUT2D eigenvalue weighted by Crippen LogP contribution is 2.16. The summed E-state index contributed by atoms with van der Waals surface area (Å²) >= 11 is 0. The molecule has 0 bridgehead atoms. The van der Waals surface area contributed by atoms with Gasteiger partial charge >= 0.3 is 0 Å². The maximum absolute atomic E-state index is 12.5. The number of amides is 1. The van der Waals surface area contributed by atoms with Crippen molar-refractivity contribution >= 4 is 15.9 Å². The van der Waals surface area contributed by atoms with Crippen molar-refractivity contribution in [2.45, 2.75) is 30.2 Å². The lowest BCUT2D eigenvalue weighted by Crippen LogP contribution is -2.36. The Hall–Kier alpha value is -1.48. The Morgan fingerprint density at radius 1 is 1.24 bits per heavy atom. The summed E-state index contributed by atoms with van der Waals surface area (Å²) in [4.78, 5) is 12.4. The van der Waals surface area contributed by atoms with Crippen molar-refractivity contribution in [3.05, 3.63) is 29.8 Å². The van der Waals surface area contributed by atoms with E-state index in [9.17, 15) is 13.2 Å². The normalized spacial score (nSPS) is 22.0. The van der Waals surface area contributed by atoms with E-state index < -0.39 is 10.0 Å². The average Bonchev–Trinajstić information content (AvgIpc) is 3.14. The number of hydrogen-bond acceptors (Lipinski definition) is 5. The first-order valence-electron chi connectivity index (χ1n) is 8.74. The average molecular weight is 367 g/mol. The molecule has 1 aromatic carbocycles. The highest BCUT2D eigenvalue weighted by molar-refractivity contribution is 7.89. The second-order valence-corrected chi connectivity index (χ2v) is 8.37. The van der Waals surface area contributed by atoms with Gasteiger partial charge in [-0.05, 0) is 49.9 Å². The van der Waals surface area contributed by atoms with E-state index in [0.717, 1.165) is 32.4 Å². The molecule has 138 valence electrons. The molecular weight excluding hydrogens is 342 g/mol. The molecule has 1 amide bonds. The van der Waals surface area contributed by atoms with Crippen molar-refractivity contribution < 1.29 is 17.9 Å². The molecule has 8 heteroatoms. The molecule has 2 saturated heterocycles. The molecule has 2 aliphatic heterocycles. The number of carbonyl (C=O) groups excluding carboxylic acids is 1. The SMILES string of the molecule is O=C(N[C@@H]1CCNC1)c1cccc(S(=O)(=O)NCC2CCOCC2)c1. The Balaban J connectivity index is 1.63. The molecule has 0 aromatic heterocycles. The molecular formula is C17H25N3O4S. The molecule has 2 heterocycles. The van der Waals surface area contributed by atoms with Crippen LogP contribution in [0.25, 0.3) is 0 Å². The lowest BCUT2D eigenvalue weighted by molar-refractivity contribution is 0.0678. The van der Waals surface area contributed by atoms with Gasteiger partial charge in [-0.2, -0.15) is 0 Å². The Labute approximate surface area is 148 Å². The quantitative estimate of drug-likeness (QED) is 0.680. The molecule has 0 radical (unpaired) electrons. The summed E-state index contributed by atoms with van der Waals surface area (Å²) in [6, 6.07) is 6.28. The molecule has 25 heavy (non-hydrogen) atoms. The van der Waals surface area contributed by atoms with Gasteiger partial charge in [-0.15, -0.1) is 0 Å². The Morgan fingerprint density at radius 2 is 2.04 bits per heavy atom. The van der Waals surface area contributed by atoms with E-state index in [4.69, 9.17) is 4.74 Å². The van der Waals surface area contributed by atoms with Crippen LogP contribution in [0.4, 0.5) is 0 Å². The largest absolute Gasteiger partial charge is 0.381 e. The van der Waals surface area contributed by atoms with Gasteiger partial charge in [0, 0.05) is 37.9 Å². The van der Waals surface area contributed by atoms with E-state index in [1.807, 2.05) is 0 Å². The summed E-state index contributed by atoms with van der Waals surface area (Å²) < 4.78 is 33.0. The zero-order valence-electron chi connectivity index (χ0n) is 14.2. The smallest absolute Gasteiger partial charge is 0.251 e. The lowest BCUT2D eigenvalue weighted by atomic mass is 10.0. The van der Waals surface area contributed by atoms with E-state index in [0.29, 0.717) is 31.2 Å². The Bertz CT molecular complexity index is 696. The molecule has 0 aliphatic carbocycles. The minimum atomic E-state index is -3.63. The maximum Gasteiger partial charge on any atom is 0.251 e. The van der Waals surface area contributed by atoms with Crippen LogP contribution >= 0.6 is 0 Å². The van der Waals surface area contributed by atoms with Crippen molar-refractivity contribution in [3.63, 3.8) is 0 Å². The van der Waals surface area contributed by atoms with Crippen LogP contribution in [0.15, 0.2) is 29.2 Å². The fraction of sp³-hybridized carbons (Fsp3) is 0.588. The van der Waals surface area contributed by atoms with Crippen LogP contribution in [0.2, 0.25) is 0 Å². The van der Waals surface area contributed by atoms with E-state index >= 15 is 0 Å².